The molecule has 1 saturated heterocycles. The maximum atomic E-state index is 12.3. The SMILES string of the molecule is O=C(Nc1ccccc1)c1cccc(C(=O)NC2CCS(=O)(=O)C2)c1. The third kappa shape index (κ3) is 4.45. The zero-order valence-corrected chi connectivity index (χ0v) is 14.3. The van der Waals surface area contributed by atoms with Crippen LogP contribution in [0.1, 0.15) is 27.1 Å². The standard InChI is InChI=1S/C18H18N2O4S/c21-17(19-15-7-2-1-3-8-15)13-5-4-6-14(11-13)18(22)20-16-9-10-25(23,24)12-16/h1-8,11,16H,9-10,12H2,(H,19,21)(H,20,22). The highest BCUT2D eigenvalue weighted by molar-refractivity contribution is 7.91. The fraction of sp³-hybridized carbons (Fsp3) is 0.222. The highest BCUT2D eigenvalue weighted by Crippen LogP contribution is 2.14. The van der Waals surface area contributed by atoms with Gasteiger partial charge in [0.1, 0.15) is 0 Å². The minimum atomic E-state index is -3.06. The lowest BCUT2D eigenvalue weighted by Gasteiger charge is -2.11. The van der Waals surface area contributed by atoms with Crippen LogP contribution in [0, 0.1) is 0 Å². The Morgan fingerprint density at radius 3 is 2.24 bits per heavy atom. The molecule has 3 rings (SSSR count). The summed E-state index contributed by atoms with van der Waals surface area (Å²) in [5, 5.41) is 5.48. The van der Waals surface area contributed by atoms with Crippen LogP contribution < -0.4 is 10.6 Å². The van der Waals surface area contributed by atoms with E-state index in [4.69, 9.17) is 0 Å². The molecule has 25 heavy (non-hydrogen) atoms. The summed E-state index contributed by atoms with van der Waals surface area (Å²) in [6.45, 7) is 0. The van der Waals surface area contributed by atoms with Gasteiger partial charge in [0.15, 0.2) is 9.84 Å². The Labute approximate surface area is 146 Å². The lowest BCUT2D eigenvalue weighted by molar-refractivity contribution is 0.0941. The Hall–Kier alpha value is -2.67. The number of carbonyl (C=O) groups excluding carboxylic acids is 2. The van der Waals surface area contributed by atoms with Crippen LogP contribution in [0.3, 0.4) is 0 Å². The predicted molar refractivity (Wildman–Crippen MR) is 95.4 cm³/mol. The first-order valence-corrected chi connectivity index (χ1v) is 9.73. The number of amides is 2. The van der Waals surface area contributed by atoms with Crippen molar-refractivity contribution in [2.45, 2.75) is 12.5 Å². The quantitative estimate of drug-likeness (QED) is 0.872. The van der Waals surface area contributed by atoms with Crippen molar-refractivity contribution in [3.05, 3.63) is 65.7 Å². The van der Waals surface area contributed by atoms with E-state index in [0.717, 1.165) is 0 Å². The smallest absolute Gasteiger partial charge is 0.255 e. The zero-order chi connectivity index (χ0) is 17.9. The van der Waals surface area contributed by atoms with Gasteiger partial charge in [-0.05, 0) is 36.8 Å². The first-order chi connectivity index (χ1) is 11.9. The van der Waals surface area contributed by atoms with Gasteiger partial charge in [0.2, 0.25) is 0 Å². The minimum absolute atomic E-state index is 0.0348. The average molecular weight is 358 g/mol. The highest BCUT2D eigenvalue weighted by atomic mass is 32.2. The van der Waals surface area contributed by atoms with E-state index in [9.17, 15) is 18.0 Å². The summed E-state index contributed by atoms with van der Waals surface area (Å²) in [4.78, 5) is 24.6. The third-order valence-electron chi connectivity index (χ3n) is 3.99. The summed E-state index contributed by atoms with van der Waals surface area (Å²) in [7, 11) is -3.06. The summed E-state index contributed by atoms with van der Waals surface area (Å²) in [6, 6.07) is 15.0. The van der Waals surface area contributed by atoms with Crippen molar-refractivity contribution in [2.24, 2.45) is 0 Å². The van der Waals surface area contributed by atoms with E-state index in [0.29, 0.717) is 23.2 Å². The van der Waals surface area contributed by atoms with Gasteiger partial charge in [-0.3, -0.25) is 9.59 Å². The number of benzene rings is 2. The van der Waals surface area contributed by atoms with Crippen LogP contribution in [-0.2, 0) is 9.84 Å². The number of carbonyl (C=O) groups is 2. The van der Waals surface area contributed by atoms with Gasteiger partial charge in [-0.25, -0.2) is 8.42 Å². The average Bonchev–Trinajstić information content (AvgIpc) is 2.94. The van der Waals surface area contributed by atoms with Crippen molar-refractivity contribution in [1.29, 1.82) is 0 Å². The van der Waals surface area contributed by atoms with Crippen molar-refractivity contribution in [1.82, 2.24) is 5.32 Å². The Kier molecular flexibility index (Phi) is 4.85. The second-order valence-corrected chi connectivity index (χ2v) is 8.20. The van der Waals surface area contributed by atoms with Crippen molar-refractivity contribution in [3.8, 4) is 0 Å². The molecule has 2 amide bonds. The fourth-order valence-corrected chi connectivity index (χ4v) is 4.38. The molecular weight excluding hydrogens is 340 g/mol. The van der Waals surface area contributed by atoms with E-state index in [-0.39, 0.29) is 29.4 Å². The maximum absolute atomic E-state index is 12.3. The van der Waals surface area contributed by atoms with Gasteiger partial charge in [-0.2, -0.15) is 0 Å². The Balaban J connectivity index is 1.68. The third-order valence-corrected chi connectivity index (χ3v) is 5.75. The van der Waals surface area contributed by atoms with Gasteiger partial charge in [0.25, 0.3) is 11.8 Å². The first-order valence-electron chi connectivity index (χ1n) is 7.91. The summed E-state index contributed by atoms with van der Waals surface area (Å²) in [6.07, 6.45) is 0.419. The Bertz CT molecular complexity index is 894. The molecule has 130 valence electrons. The van der Waals surface area contributed by atoms with Crippen LogP contribution >= 0.6 is 0 Å². The molecule has 0 aliphatic carbocycles. The first kappa shape index (κ1) is 17.2. The molecule has 0 bridgehead atoms. The van der Waals surface area contributed by atoms with Gasteiger partial charge in [0, 0.05) is 22.9 Å². The van der Waals surface area contributed by atoms with Gasteiger partial charge in [-0.1, -0.05) is 24.3 Å². The van der Waals surface area contributed by atoms with Crippen molar-refractivity contribution < 1.29 is 18.0 Å². The largest absolute Gasteiger partial charge is 0.348 e. The molecule has 7 heteroatoms. The highest BCUT2D eigenvalue weighted by Gasteiger charge is 2.29. The molecule has 1 aliphatic rings. The van der Waals surface area contributed by atoms with E-state index in [1.807, 2.05) is 18.2 Å². The molecule has 0 spiro atoms. The number of hydrogen-bond donors (Lipinski definition) is 2. The Morgan fingerprint density at radius 2 is 1.60 bits per heavy atom. The molecule has 0 radical (unpaired) electrons. The summed E-state index contributed by atoms with van der Waals surface area (Å²) in [5.74, 6) is -0.634. The second kappa shape index (κ2) is 7.06. The second-order valence-electron chi connectivity index (χ2n) is 5.97. The normalized spacial score (nSPS) is 18.5. The predicted octanol–water partition coefficient (Wildman–Crippen LogP) is 1.86. The zero-order valence-electron chi connectivity index (χ0n) is 13.4. The van der Waals surface area contributed by atoms with E-state index < -0.39 is 9.84 Å². The number of sulfone groups is 1. The van der Waals surface area contributed by atoms with E-state index >= 15 is 0 Å². The summed E-state index contributed by atoms with van der Waals surface area (Å²) >= 11 is 0. The van der Waals surface area contributed by atoms with Crippen molar-refractivity contribution in [3.63, 3.8) is 0 Å². The van der Waals surface area contributed by atoms with Crippen LogP contribution in [0.4, 0.5) is 5.69 Å². The van der Waals surface area contributed by atoms with E-state index in [2.05, 4.69) is 10.6 Å². The molecular formula is C18H18N2O4S. The molecule has 1 atom stereocenters. The number of para-hydroxylation sites is 1. The molecule has 1 aliphatic heterocycles. The minimum Gasteiger partial charge on any atom is -0.348 e. The molecule has 1 heterocycles. The van der Waals surface area contributed by atoms with Crippen LogP contribution in [0.15, 0.2) is 54.6 Å². The molecule has 0 aromatic heterocycles. The monoisotopic (exact) mass is 358 g/mol. The van der Waals surface area contributed by atoms with Crippen LogP contribution in [0.25, 0.3) is 0 Å². The lowest BCUT2D eigenvalue weighted by Crippen LogP contribution is -2.35. The Morgan fingerprint density at radius 1 is 0.920 bits per heavy atom. The number of nitrogens with one attached hydrogen (secondary N) is 2. The molecule has 2 aromatic rings. The lowest BCUT2D eigenvalue weighted by atomic mass is 10.1. The van der Waals surface area contributed by atoms with Gasteiger partial charge in [0.05, 0.1) is 11.5 Å². The van der Waals surface area contributed by atoms with Crippen molar-refractivity contribution >= 4 is 27.3 Å². The number of rotatable bonds is 4. The summed E-state index contributed by atoms with van der Waals surface area (Å²) < 4.78 is 22.9. The molecule has 1 unspecified atom stereocenters. The fourth-order valence-electron chi connectivity index (χ4n) is 2.70. The number of anilines is 1. The van der Waals surface area contributed by atoms with Crippen LogP contribution in [-0.4, -0.2) is 37.8 Å². The molecule has 2 N–H and O–H groups in total. The molecule has 1 fully saturated rings. The van der Waals surface area contributed by atoms with Gasteiger partial charge in [-0.15, -0.1) is 0 Å². The van der Waals surface area contributed by atoms with Crippen LogP contribution in [0.5, 0.6) is 0 Å². The van der Waals surface area contributed by atoms with Gasteiger partial charge >= 0.3 is 0 Å². The van der Waals surface area contributed by atoms with E-state index in [1.54, 1.807) is 30.3 Å². The van der Waals surface area contributed by atoms with Crippen molar-refractivity contribution in [2.75, 3.05) is 16.8 Å². The van der Waals surface area contributed by atoms with Gasteiger partial charge < -0.3 is 10.6 Å². The van der Waals surface area contributed by atoms with Crippen LogP contribution in [0.2, 0.25) is 0 Å². The molecule has 0 saturated carbocycles. The molecule has 6 nitrogen and oxygen atoms in total. The molecule has 2 aromatic carbocycles. The van der Waals surface area contributed by atoms with E-state index in [1.165, 1.54) is 6.07 Å². The topological polar surface area (TPSA) is 92.3 Å². The number of hydrogen-bond acceptors (Lipinski definition) is 4. The summed E-state index contributed by atoms with van der Waals surface area (Å²) in [5.41, 5.74) is 1.35. The maximum Gasteiger partial charge on any atom is 0.255 e.